The zero-order valence-electron chi connectivity index (χ0n) is 16.9. The molecule has 0 atom stereocenters. The summed E-state index contributed by atoms with van der Waals surface area (Å²) >= 11 is 1.44. The van der Waals surface area contributed by atoms with Crippen molar-refractivity contribution in [2.75, 3.05) is 5.32 Å². The van der Waals surface area contributed by atoms with E-state index in [1.807, 2.05) is 36.6 Å². The van der Waals surface area contributed by atoms with Gasteiger partial charge in [0.05, 0.1) is 27.9 Å². The van der Waals surface area contributed by atoms with Gasteiger partial charge in [0.1, 0.15) is 17.4 Å². The number of nitrogens with one attached hydrogen (secondary N) is 1. The summed E-state index contributed by atoms with van der Waals surface area (Å²) in [5.41, 5.74) is 4.93. The van der Waals surface area contributed by atoms with E-state index in [4.69, 9.17) is 4.74 Å². The lowest BCUT2D eigenvalue weighted by molar-refractivity contribution is 0.156. The second-order valence-electron chi connectivity index (χ2n) is 6.92. The molecule has 0 aliphatic carbocycles. The van der Waals surface area contributed by atoms with Crippen molar-refractivity contribution in [1.82, 2.24) is 14.5 Å². The molecule has 30 heavy (non-hydrogen) atoms. The van der Waals surface area contributed by atoms with Gasteiger partial charge >= 0.3 is 6.09 Å². The fraction of sp³-hybridized carbons (Fsp3) is 0.227. The first-order valence-electron chi connectivity index (χ1n) is 9.56. The van der Waals surface area contributed by atoms with E-state index in [1.54, 1.807) is 12.4 Å². The molecule has 0 fully saturated rings. The Morgan fingerprint density at radius 3 is 2.83 bits per heavy atom. The number of aryl methyl sites for hydroxylation is 3. The van der Waals surface area contributed by atoms with Gasteiger partial charge in [0.2, 0.25) is 0 Å². The smallest absolute Gasteiger partial charge is 0.411 e. The molecule has 2 aromatic heterocycles. The number of fused-ring (bicyclic) bond motifs is 1. The number of aromatic nitrogens is 3. The second-order valence-corrected chi connectivity index (χ2v) is 8.01. The van der Waals surface area contributed by atoms with Gasteiger partial charge in [0, 0.05) is 17.8 Å². The number of imidazole rings is 1. The lowest BCUT2D eigenvalue weighted by Gasteiger charge is -2.07. The maximum Gasteiger partial charge on any atom is 0.411 e. The van der Waals surface area contributed by atoms with Crippen molar-refractivity contribution < 1.29 is 13.9 Å². The molecule has 4 aromatic rings. The predicted octanol–water partition coefficient (Wildman–Crippen LogP) is 5.68. The van der Waals surface area contributed by atoms with Crippen molar-refractivity contribution in [1.29, 1.82) is 0 Å². The highest BCUT2D eigenvalue weighted by Crippen LogP contribution is 2.31. The van der Waals surface area contributed by atoms with Crippen LogP contribution in [0.4, 0.5) is 14.9 Å². The highest BCUT2D eigenvalue weighted by Gasteiger charge is 2.14. The Kier molecular flexibility index (Phi) is 5.50. The maximum atomic E-state index is 13.4. The Bertz CT molecular complexity index is 1230. The summed E-state index contributed by atoms with van der Waals surface area (Å²) in [5, 5.41) is 3.52. The molecule has 1 N–H and O–H groups in total. The van der Waals surface area contributed by atoms with E-state index in [9.17, 15) is 9.18 Å². The van der Waals surface area contributed by atoms with Crippen molar-refractivity contribution >= 4 is 34.2 Å². The van der Waals surface area contributed by atoms with Gasteiger partial charge in [-0.3, -0.25) is 5.32 Å². The summed E-state index contributed by atoms with van der Waals surface area (Å²) in [7, 11) is 0. The van der Waals surface area contributed by atoms with Crippen LogP contribution in [0, 0.1) is 19.7 Å². The van der Waals surface area contributed by atoms with Crippen LogP contribution in [0.3, 0.4) is 0 Å². The van der Waals surface area contributed by atoms with Gasteiger partial charge < -0.3 is 9.30 Å². The van der Waals surface area contributed by atoms with Gasteiger partial charge in [0.25, 0.3) is 0 Å². The third-order valence-electron chi connectivity index (χ3n) is 4.85. The molecule has 8 heteroatoms. The van der Waals surface area contributed by atoms with Gasteiger partial charge in [-0.15, -0.1) is 11.3 Å². The molecule has 2 heterocycles. The highest BCUT2D eigenvalue weighted by molar-refractivity contribution is 7.15. The first kappa shape index (κ1) is 20.0. The average molecular weight is 425 g/mol. The third kappa shape index (κ3) is 4.04. The van der Waals surface area contributed by atoms with Crippen molar-refractivity contribution in [3.8, 4) is 10.6 Å². The molecule has 0 saturated heterocycles. The number of nitrogens with zero attached hydrogens (tertiary/aromatic N) is 3. The van der Waals surface area contributed by atoms with E-state index < -0.39 is 6.09 Å². The lowest BCUT2D eigenvalue weighted by atomic mass is 10.1. The number of halogens is 1. The molecule has 0 saturated carbocycles. The largest absolute Gasteiger partial charge is 0.444 e. The number of hydrogen-bond acceptors (Lipinski definition) is 5. The molecule has 1 amide bonds. The number of thiazole rings is 1. The number of anilines is 1. The Balaban J connectivity index is 1.42. The standard InChI is InChI=1S/C22H21FN4O2S/c1-4-27-12-24-18-10-16(6-8-19(18)27)26-22(28)29-11-20-14(3)25-21(30-20)17-7-5-15(23)9-13(17)2/h5-10,12H,4,11H2,1-3H3,(H,26,28). The van der Waals surface area contributed by atoms with Crippen molar-refractivity contribution in [3.63, 3.8) is 0 Å². The van der Waals surface area contributed by atoms with E-state index in [-0.39, 0.29) is 12.4 Å². The second kappa shape index (κ2) is 8.23. The van der Waals surface area contributed by atoms with Crippen LogP contribution in [-0.2, 0) is 17.9 Å². The number of carbonyl (C=O) groups excluding carboxylic acids is 1. The van der Waals surface area contributed by atoms with Gasteiger partial charge in [-0.1, -0.05) is 0 Å². The molecule has 0 bridgehead atoms. The molecular formula is C22H21FN4O2S. The van der Waals surface area contributed by atoms with Crippen LogP contribution < -0.4 is 5.32 Å². The Hall–Kier alpha value is -3.26. The molecule has 0 radical (unpaired) electrons. The highest BCUT2D eigenvalue weighted by atomic mass is 32.1. The van der Waals surface area contributed by atoms with Crippen molar-refractivity contribution in [3.05, 3.63) is 64.7 Å². The van der Waals surface area contributed by atoms with E-state index in [0.29, 0.717) is 5.69 Å². The van der Waals surface area contributed by atoms with Gasteiger partial charge in [-0.25, -0.2) is 19.2 Å². The minimum atomic E-state index is -0.545. The van der Waals surface area contributed by atoms with Crippen LogP contribution in [0.2, 0.25) is 0 Å². The number of ether oxygens (including phenoxy) is 1. The quantitative estimate of drug-likeness (QED) is 0.447. The van der Waals surface area contributed by atoms with Gasteiger partial charge in [-0.05, 0) is 62.7 Å². The minimum Gasteiger partial charge on any atom is -0.444 e. The first-order valence-corrected chi connectivity index (χ1v) is 10.4. The van der Waals surface area contributed by atoms with Gasteiger partial charge in [-0.2, -0.15) is 0 Å². The van der Waals surface area contributed by atoms with Crippen LogP contribution >= 0.6 is 11.3 Å². The lowest BCUT2D eigenvalue weighted by Crippen LogP contribution is -2.13. The van der Waals surface area contributed by atoms with Gasteiger partial charge in [0.15, 0.2) is 0 Å². The third-order valence-corrected chi connectivity index (χ3v) is 6.02. The Labute approximate surface area is 177 Å². The van der Waals surface area contributed by atoms with E-state index in [0.717, 1.165) is 44.3 Å². The Morgan fingerprint density at radius 2 is 2.07 bits per heavy atom. The van der Waals surface area contributed by atoms with Crippen molar-refractivity contribution in [2.45, 2.75) is 33.9 Å². The summed E-state index contributed by atoms with van der Waals surface area (Å²) in [6.45, 7) is 6.71. The zero-order valence-corrected chi connectivity index (χ0v) is 17.7. The molecule has 0 aliphatic heterocycles. The fourth-order valence-electron chi connectivity index (χ4n) is 3.22. The molecule has 0 aliphatic rings. The number of rotatable bonds is 5. The fourth-order valence-corrected chi connectivity index (χ4v) is 4.29. The summed E-state index contributed by atoms with van der Waals surface area (Å²) in [4.78, 5) is 22.0. The number of hydrogen-bond donors (Lipinski definition) is 1. The first-order chi connectivity index (χ1) is 14.4. The minimum absolute atomic E-state index is 0.113. The van der Waals surface area contributed by atoms with Crippen LogP contribution in [-0.4, -0.2) is 20.6 Å². The van der Waals surface area contributed by atoms with Crippen LogP contribution in [0.15, 0.2) is 42.7 Å². The Morgan fingerprint density at radius 1 is 1.23 bits per heavy atom. The molecule has 0 unspecified atom stereocenters. The van der Waals surface area contributed by atoms with Crippen molar-refractivity contribution in [2.24, 2.45) is 0 Å². The monoisotopic (exact) mass is 424 g/mol. The molecule has 6 nitrogen and oxygen atoms in total. The normalized spacial score (nSPS) is 11.1. The topological polar surface area (TPSA) is 69.0 Å². The molecule has 0 spiro atoms. The summed E-state index contributed by atoms with van der Waals surface area (Å²) in [5.74, 6) is -0.274. The maximum absolute atomic E-state index is 13.4. The van der Waals surface area contributed by atoms with Crippen LogP contribution in [0.25, 0.3) is 21.6 Å². The number of benzene rings is 2. The molecular weight excluding hydrogens is 403 g/mol. The predicted molar refractivity (Wildman–Crippen MR) is 116 cm³/mol. The van der Waals surface area contributed by atoms with Crippen LogP contribution in [0.5, 0.6) is 0 Å². The molecule has 154 valence electrons. The summed E-state index contributed by atoms with van der Waals surface area (Å²) in [6.07, 6.45) is 1.23. The SMILES string of the molecule is CCn1cnc2cc(NC(=O)OCc3sc(-c4ccc(F)cc4C)nc3C)ccc21. The van der Waals surface area contributed by atoms with E-state index >= 15 is 0 Å². The zero-order chi connectivity index (χ0) is 21.3. The molecule has 2 aromatic carbocycles. The molecule has 4 rings (SSSR count). The summed E-state index contributed by atoms with van der Waals surface area (Å²) < 4.78 is 20.8. The van der Waals surface area contributed by atoms with E-state index in [1.165, 1.54) is 23.5 Å². The summed E-state index contributed by atoms with van der Waals surface area (Å²) in [6, 6.07) is 10.2. The van der Waals surface area contributed by atoms with Crippen LogP contribution in [0.1, 0.15) is 23.1 Å². The number of carbonyl (C=O) groups is 1. The average Bonchev–Trinajstić information content (AvgIpc) is 3.29. The van der Waals surface area contributed by atoms with E-state index in [2.05, 4.69) is 22.2 Å². The number of amides is 1.